The summed E-state index contributed by atoms with van der Waals surface area (Å²) in [6.45, 7) is 6.77. The number of carbonyl (C=O) groups is 2. The number of H-pyrrole nitrogens is 1. The van der Waals surface area contributed by atoms with Gasteiger partial charge in [-0.05, 0) is 63.9 Å². The van der Waals surface area contributed by atoms with E-state index in [1.165, 1.54) is 0 Å². The molecule has 0 spiro atoms. The van der Waals surface area contributed by atoms with Crippen LogP contribution < -0.4 is 5.32 Å². The van der Waals surface area contributed by atoms with E-state index < -0.39 is 15.1 Å². The average molecular weight is 553 g/mol. The number of nitrogens with one attached hydrogen (secondary N) is 2. The summed E-state index contributed by atoms with van der Waals surface area (Å²) in [6, 6.07) is 0. The van der Waals surface area contributed by atoms with E-state index in [2.05, 4.69) is 15.2 Å². The summed E-state index contributed by atoms with van der Waals surface area (Å²) in [5.41, 5.74) is 5.28. The standard InChI is InChI=1S/C29H36N4O5S/c1-18-26(30-19(2)27(18)29(35)33-12-10-32(3)11-13-33)16-24-23-15-22(8-9-25(23)31-28(24)34)39(36,37)17-20-6-5-7-21(14-20)38-4/h7,9,14-16,22,30H,5-6,8,10-13,17H2,1-4H3,(H,31,34)/b24-16-. The minimum Gasteiger partial charge on any atom is -0.497 e. The van der Waals surface area contributed by atoms with E-state index in [1.807, 2.05) is 37.9 Å². The predicted octanol–water partition coefficient (Wildman–Crippen LogP) is 2.78. The van der Waals surface area contributed by atoms with Gasteiger partial charge >= 0.3 is 0 Å². The highest BCUT2D eigenvalue weighted by molar-refractivity contribution is 7.92. The van der Waals surface area contributed by atoms with Gasteiger partial charge in [0, 0.05) is 48.8 Å². The van der Waals surface area contributed by atoms with Crippen molar-refractivity contribution in [3.05, 3.63) is 75.0 Å². The second kappa shape index (κ2) is 10.7. The number of carbonyl (C=O) groups excluding carboxylic acids is 2. The molecular weight excluding hydrogens is 516 g/mol. The number of aromatic amines is 1. The highest BCUT2D eigenvalue weighted by Gasteiger charge is 2.35. The lowest BCUT2D eigenvalue weighted by Crippen LogP contribution is -2.47. The van der Waals surface area contributed by atoms with Crippen LogP contribution in [0.5, 0.6) is 0 Å². The molecule has 1 aromatic rings. The van der Waals surface area contributed by atoms with E-state index >= 15 is 0 Å². The molecule has 2 fully saturated rings. The second-order valence-corrected chi connectivity index (χ2v) is 12.9. The topological polar surface area (TPSA) is 112 Å². The van der Waals surface area contributed by atoms with Crippen LogP contribution in [0, 0.1) is 13.8 Å². The van der Waals surface area contributed by atoms with E-state index in [9.17, 15) is 18.0 Å². The SMILES string of the molecule is COC1=CCCC(CS(=O)(=O)C2C=C3C(=CC2)NC(=O)/C3=C\c2[nH]c(C)c(C(=O)N3CCN(C)CC3)c2C)=C1. The molecule has 4 aliphatic rings. The number of methoxy groups -OCH3 is 1. The summed E-state index contributed by atoms with van der Waals surface area (Å²) < 4.78 is 32.0. The first-order valence-electron chi connectivity index (χ1n) is 13.3. The van der Waals surface area contributed by atoms with Gasteiger partial charge < -0.3 is 24.8 Å². The van der Waals surface area contributed by atoms with Crippen molar-refractivity contribution in [2.24, 2.45) is 0 Å². The van der Waals surface area contributed by atoms with Crippen molar-refractivity contribution >= 4 is 27.7 Å². The molecule has 0 aromatic carbocycles. The number of aromatic nitrogens is 1. The van der Waals surface area contributed by atoms with Gasteiger partial charge in [0.05, 0.1) is 29.2 Å². The molecule has 39 heavy (non-hydrogen) atoms. The summed E-state index contributed by atoms with van der Waals surface area (Å²) in [6.07, 6.45) is 10.7. The summed E-state index contributed by atoms with van der Waals surface area (Å²) >= 11 is 0. The Hall–Kier alpha value is -3.37. The molecule has 3 heterocycles. The molecule has 0 bridgehead atoms. The molecular formula is C29H36N4O5S. The van der Waals surface area contributed by atoms with Gasteiger partial charge in [0.25, 0.3) is 11.8 Å². The molecule has 1 aromatic heterocycles. The quantitative estimate of drug-likeness (QED) is 0.525. The Kier molecular flexibility index (Phi) is 7.43. The summed E-state index contributed by atoms with van der Waals surface area (Å²) in [7, 11) is 0.120. The third-order valence-electron chi connectivity index (χ3n) is 7.99. The first-order chi connectivity index (χ1) is 18.6. The van der Waals surface area contributed by atoms with Gasteiger partial charge in [-0.3, -0.25) is 9.59 Å². The molecule has 2 saturated heterocycles. The number of hydrogen-bond acceptors (Lipinski definition) is 6. The third-order valence-corrected chi connectivity index (χ3v) is 10.0. The van der Waals surface area contributed by atoms with Gasteiger partial charge in [-0.1, -0.05) is 17.7 Å². The first kappa shape index (κ1) is 27.2. The van der Waals surface area contributed by atoms with Crippen LogP contribution in [0.4, 0.5) is 0 Å². The zero-order chi connectivity index (χ0) is 27.9. The number of sulfone groups is 1. The number of ether oxygens (including phenoxy) is 1. The van der Waals surface area contributed by atoms with E-state index in [4.69, 9.17) is 4.74 Å². The monoisotopic (exact) mass is 552 g/mol. The number of nitrogens with zero attached hydrogens (tertiary/aromatic N) is 2. The smallest absolute Gasteiger partial charge is 0.256 e. The van der Waals surface area contributed by atoms with Crippen molar-refractivity contribution in [3.8, 4) is 0 Å². The van der Waals surface area contributed by atoms with Crippen molar-refractivity contribution in [2.75, 3.05) is 46.1 Å². The number of amides is 2. The van der Waals surface area contributed by atoms with Crippen molar-refractivity contribution in [1.82, 2.24) is 20.1 Å². The van der Waals surface area contributed by atoms with Crippen LogP contribution in [0.2, 0.25) is 0 Å². The van der Waals surface area contributed by atoms with Crippen LogP contribution >= 0.6 is 0 Å². The maximum absolute atomic E-state index is 13.4. The van der Waals surface area contributed by atoms with Crippen LogP contribution in [-0.2, 0) is 19.4 Å². The van der Waals surface area contributed by atoms with E-state index in [0.29, 0.717) is 59.8 Å². The molecule has 0 saturated carbocycles. The number of likely N-dealkylation sites (N-methyl/N-ethyl adjacent to an activating group) is 1. The minimum atomic E-state index is -3.51. The van der Waals surface area contributed by atoms with Gasteiger partial charge in [0.2, 0.25) is 0 Å². The van der Waals surface area contributed by atoms with Crippen LogP contribution in [0.3, 0.4) is 0 Å². The van der Waals surface area contributed by atoms with Gasteiger partial charge in [0.15, 0.2) is 9.84 Å². The largest absolute Gasteiger partial charge is 0.497 e. The Morgan fingerprint density at radius 1 is 1.18 bits per heavy atom. The lowest BCUT2D eigenvalue weighted by molar-refractivity contribution is -0.115. The molecule has 2 aliphatic carbocycles. The van der Waals surface area contributed by atoms with Crippen LogP contribution in [0.15, 0.2) is 52.5 Å². The number of aryl methyl sites for hydroxylation is 1. The molecule has 10 heteroatoms. The molecule has 2 amide bonds. The fourth-order valence-electron chi connectivity index (χ4n) is 5.65. The van der Waals surface area contributed by atoms with Crippen LogP contribution in [-0.4, -0.2) is 86.4 Å². The number of fused-ring (bicyclic) bond motifs is 1. The highest BCUT2D eigenvalue weighted by Crippen LogP contribution is 2.35. The average Bonchev–Trinajstić information content (AvgIpc) is 3.37. The van der Waals surface area contributed by atoms with Gasteiger partial charge in [-0.15, -0.1) is 0 Å². The van der Waals surface area contributed by atoms with E-state index in [-0.39, 0.29) is 17.6 Å². The molecule has 2 aliphatic heterocycles. The number of allylic oxidation sites excluding steroid dienone is 4. The number of rotatable bonds is 6. The lowest BCUT2D eigenvalue weighted by Gasteiger charge is -2.32. The molecule has 5 rings (SSSR count). The maximum Gasteiger partial charge on any atom is 0.256 e. The Labute approximate surface area is 229 Å². The fourth-order valence-corrected chi connectivity index (χ4v) is 7.34. The van der Waals surface area contributed by atoms with E-state index in [1.54, 1.807) is 25.3 Å². The minimum absolute atomic E-state index is 0.0120. The Balaban J connectivity index is 1.42. The molecule has 1 atom stereocenters. The third kappa shape index (κ3) is 5.40. The van der Waals surface area contributed by atoms with Crippen molar-refractivity contribution in [3.63, 3.8) is 0 Å². The second-order valence-electron chi connectivity index (χ2n) is 10.7. The normalized spacial score (nSPS) is 23.1. The zero-order valence-electron chi connectivity index (χ0n) is 23.0. The Bertz CT molecular complexity index is 1470. The predicted molar refractivity (Wildman–Crippen MR) is 151 cm³/mol. The van der Waals surface area contributed by atoms with Gasteiger partial charge in [-0.25, -0.2) is 8.42 Å². The van der Waals surface area contributed by atoms with Crippen LogP contribution in [0.1, 0.15) is 46.6 Å². The summed E-state index contributed by atoms with van der Waals surface area (Å²) in [5.74, 6) is 0.350. The van der Waals surface area contributed by atoms with Crippen molar-refractivity contribution in [1.29, 1.82) is 0 Å². The maximum atomic E-state index is 13.4. The number of hydrogen-bond donors (Lipinski definition) is 2. The Morgan fingerprint density at radius 2 is 1.92 bits per heavy atom. The molecule has 208 valence electrons. The van der Waals surface area contributed by atoms with Gasteiger partial charge in [0.1, 0.15) is 5.76 Å². The zero-order valence-corrected chi connectivity index (χ0v) is 23.8. The summed E-state index contributed by atoms with van der Waals surface area (Å²) in [5, 5.41) is 2.14. The summed E-state index contributed by atoms with van der Waals surface area (Å²) in [4.78, 5) is 33.7. The lowest BCUT2D eigenvalue weighted by atomic mass is 9.98. The highest BCUT2D eigenvalue weighted by atomic mass is 32.2. The van der Waals surface area contributed by atoms with E-state index in [0.717, 1.165) is 36.3 Å². The molecule has 0 radical (unpaired) electrons. The van der Waals surface area contributed by atoms with Crippen LogP contribution in [0.25, 0.3) is 6.08 Å². The molecule has 2 N–H and O–H groups in total. The first-order valence-corrected chi connectivity index (χ1v) is 15.1. The Morgan fingerprint density at radius 3 is 2.64 bits per heavy atom. The van der Waals surface area contributed by atoms with Crippen molar-refractivity contribution < 1.29 is 22.7 Å². The van der Waals surface area contributed by atoms with Gasteiger partial charge in [-0.2, -0.15) is 0 Å². The fraction of sp³-hybridized carbons (Fsp3) is 0.448. The molecule has 9 nitrogen and oxygen atoms in total. The molecule has 1 unspecified atom stereocenters. The van der Waals surface area contributed by atoms with Crippen molar-refractivity contribution in [2.45, 2.75) is 38.4 Å². The number of piperazine rings is 1.